The summed E-state index contributed by atoms with van der Waals surface area (Å²) in [6, 6.07) is 3.78. The Morgan fingerprint density at radius 2 is 1.88 bits per heavy atom. The Morgan fingerprint density at radius 3 is 2.48 bits per heavy atom. The topological polar surface area (TPSA) is 140 Å². The minimum Gasteiger partial charge on any atom is -0.496 e. The average Bonchev–Trinajstić information content (AvgIpc) is 3.56. The van der Waals surface area contributed by atoms with E-state index in [1.165, 1.54) is 50.6 Å². The van der Waals surface area contributed by atoms with Crippen LogP contribution in [0.5, 0.6) is 5.75 Å². The number of nitrogens with zero attached hydrogens (tertiary/aromatic N) is 3. The number of carbonyl (C=O) groups is 2. The van der Waals surface area contributed by atoms with E-state index < -0.39 is 40.6 Å². The molecule has 1 fully saturated rings. The van der Waals surface area contributed by atoms with Crippen LogP contribution in [0.15, 0.2) is 27.8 Å². The molecule has 13 heteroatoms. The van der Waals surface area contributed by atoms with Gasteiger partial charge in [-0.15, -0.1) is 11.3 Å². The number of aliphatic hydroxyl groups excluding tert-OH is 1. The monoisotopic (exact) mass is 577 g/mol. The van der Waals surface area contributed by atoms with Gasteiger partial charge in [-0.1, -0.05) is 0 Å². The van der Waals surface area contributed by atoms with E-state index in [0.717, 1.165) is 28.7 Å². The summed E-state index contributed by atoms with van der Waals surface area (Å²) in [5, 5.41) is 19.2. The maximum Gasteiger partial charge on any atom is 0.346 e. The summed E-state index contributed by atoms with van der Waals surface area (Å²) in [6.45, 7) is 4.65. The highest BCUT2D eigenvalue weighted by Gasteiger charge is 2.39. The fraction of sp³-hybridized carbons (Fsp3) is 0.481. The van der Waals surface area contributed by atoms with Gasteiger partial charge < -0.3 is 24.6 Å². The summed E-state index contributed by atoms with van der Waals surface area (Å²) in [4.78, 5) is 55.1. The minimum atomic E-state index is -1.59. The van der Waals surface area contributed by atoms with Crippen molar-refractivity contribution in [2.75, 3.05) is 33.4 Å². The van der Waals surface area contributed by atoms with E-state index in [4.69, 9.17) is 9.47 Å². The number of hydrogen-bond acceptors (Lipinski definition) is 8. The molecular weight excluding hydrogens is 545 g/mol. The summed E-state index contributed by atoms with van der Waals surface area (Å²) >= 11 is 0.759. The van der Waals surface area contributed by atoms with E-state index in [1.807, 2.05) is 0 Å². The van der Waals surface area contributed by atoms with Gasteiger partial charge in [0.05, 0.1) is 32.3 Å². The molecule has 1 aliphatic heterocycles. The zero-order valence-electron chi connectivity index (χ0n) is 22.7. The van der Waals surface area contributed by atoms with Crippen molar-refractivity contribution in [1.82, 2.24) is 14.0 Å². The first-order valence-electron chi connectivity index (χ1n) is 12.8. The number of carboxylic acids is 1. The van der Waals surface area contributed by atoms with Crippen LogP contribution in [0.4, 0.5) is 4.39 Å². The molecule has 2 N–H and O–H groups in total. The van der Waals surface area contributed by atoms with E-state index in [2.05, 4.69) is 0 Å². The van der Waals surface area contributed by atoms with E-state index >= 15 is 0 Å². The van der Waals surface area contributed by atoms with Gasteiger partial charge in [-0.05, 0) is 57.4 Å². The summed E-state index contributed by atoms with van der Waals surface area (Å²) in [5.74, 6) is -1.99. The molecule has 3 heterocycles. The highest BCUT2D eigenvalue weighted by atomic mass is 32.1. The normalized spacial score (nSPS) is 14.6. The lowest BCUT2D eigenvalue weighted by Crippen LogP contribution is -2.56. The average molecular weight is 578 g/mol. The molecule has 1 amide bonds. The quantitative estimate of drug-likeness (QED) is 0.375. The smallest absolute Gasteiger partial charge is 0.346 e. The number of hydrogen-bond donors (Lipinski definition) is 2. The zero-order chi connectivity index (χ0) is 29.4. The second-order valence-electron chi connectivity index (χ2n) is 10.1. The predicted octanol–water partition coefficient (Wildman–Crippen LogP) is 2.49. The van der Waals surface area contributed by atoms with Crippen molar-refractivity contribution >= 4 is 33.4 Å². The third-order valence-electron chi connectivity index (χ3n) is 7.18. The Hall–Kier alpha value is -3.55. The molecule has 0 saturated carbocycles. The maximum atomic E-state index is 14.3. The van der Waals surface area contributed by atoms with Crippen molar-refractivity contribution in [1.29, 1.82) is 0 Å². The number of aliphatic hydroxyl groups is 1. The number of halogens is 1. The van der Waals surface area contributed by atoms with E-state index in [-0.39, 0.29) is 51.7 Å². The number of benzene rings is 1. The van der Waals surface area contributed by atoms with Crippen LogP contribution in [0.1, 0.15) is 53.6 Å². The highest BCUT2D eigenvalue weighted by molar-refractivity contribution is 7.20. The predicted molar refractivity (Wildman–Crippen MR) is 146 cm³/mol. The number of methoxy groups -OCH3 is 1. The third-order valence-corrected chi connectivity index (χ3v) is 8.48. The fourth-order valence-electron chi connectivity index (χ4n) is 5.17. The SMILES string of the molecule is COc1ccc(F)cc1C(Cn1c(=O)n(C(C)(C)C(=O)N2CCCC2)c(=O)c2c(C)c(C(=O)O)sc21)OCCO. The molecule has 1 atom stereocenters. The molecule has 0 spiro atoms. The summed E-state index contributed by atoms with van der Waals surface area (Å²) in [6.07, 6.45) is 0.577. The Labute approximate surface area is 233 Å². The largest absolute Gasteiger partial charge is 0.496 e. The Kier molecular flexibility index (Phi) is 8.47. The molecule has 11 nitrogen and oxygen atoms in total. The molecule has 4 rings (SSSR count). The molecular formula is C27H32FN3O8S. The Morgan fingerprint density at radius 1 is 1.20 bits per heavy atom. The second-order valence-corrected chi connectivity index (χ2v) is 11.1. The first-order chi connectivity index (χ1) is 18.9. The van der Waals surface area contributed by atoms with Gasteiger partial charge in [-0.3, -0.25) is 14.2 Å². The van der Waals surface area contributed by atoms with Gasteiger partial charge in [0.2, 0.25) is 5.91 Å². The van der Waals surface area contributed by atoms with E-state index in [9.17, 15) is 33.8 Å². The third kappa shape index (κ3) is 5.16. The molecule has 1 unspecified atom stereocenters. The number of aromatic nitrogens is 2. The number of thiophene rings is 1. The highest BCUT2D eigenvalue weighted by Crippen LogP contribution is 2.33. The van der Waals surface area contributed by atoms with Crippen LogP contribution in [-0.2, 0) is 21.6 Å². The molecule has 0 aliphatic carbocycles. The lowest BCUT2D eigenvalue weighted by Gasteiger charge is -2.31. The first kappa shape index (κ1) is 29.4. The van der Waals surface area contributed by atoms with E-state index in [1.54, 1.807) is 4.90 Å². The first-order valence-corrected chi connectivity index (χ1v) is 13.6. The molecule has 1 aliphatic rings. The van der Waals surface area contributed by atoms with Gasteiger partial charge in [0.15, 0.2) is 0 Å². The maximum absolute atomic E-state index is 14.3. The molecule has 1 aromatic carbocycles. The second kappa shape index (κ2) is 11.5. The van der Waals surface area contributed by atoms with Gasteiger partial charge in [-0.2, -0.15) is 0 Å². The molecule has 0 bridgehead atoms. The molecule has 40 heavy (non-hydrogen) atoms. The van der Waals surface area contributed by atoms with Crippen LogP contribution >= 0.6 is 11.3 Å². The summed E-state index contributed by atoms with van der Waals surface area (Å²) in [7, 11) is 1.39. The van der Waals surface area contributed by atoms with Gasteiger partial charge in [0, 0.05) is 18.7 Å². The number of amides is 1. The number of carbonyl (C=O) groups excluding carboxylic acids is 1. The number of aryl methyl sites for hydroxylation is 1. The fourth-order valence-corrected chi connectivity index (χ4v) is 6.31. The van der Waals surface area contributed by atoms with Crippen LogP contribution in [-0.4, -0.2) is 69.5 Å². The number of ether oxygens (including phenoxy) is 2. The number of carboxylic acid groups (broad SMARTS) is 1. The van der Waals surface area contributed by atoms with Crippen molar-refractivity contribution in [3.05, 3.63) is 60.9 Å². The van der Waals surface area contributed by atoms with Crippen LogP contribution in [0.2, 0.25) is 0 Å². The Balaban J connectivity index is 2.00. The van der Waals surface area contributed by atoms with Gasteiger partial charge in [-0.25, -0.2) is 18.5 Å². The summed E-state index contributed by atoms with van der Waals surface area (Å²) < 4.78 is 27.6. The van der Waals surface area contributed by atoms with Gasteiger partial charge >= 0.3 is 11.7 Å². The molecule has 216 valence electrons. The standard InChI is InChI=1S/C27H32FN3O8S/c1-15-20-22(33)31(27(2,3)25(36)29-9-5-6-10-29)26(37)30(23(20)40-21(15)24(34)35)14-19(39-12-11-32)17-13-16(28)7-8-18(17)38-4/h7-8,13,19,32H,5-6,9-12,14H2,1-4H3,(H,34,35). The number of aromatic carboxylic acids is 1. The molecule has 1 saturated heterocycles. The Bertz CT molecular complexity index is 1570. The number of fused-ring (bicyclic) bond motifs is 1. The van der Waals surface area contributed by atoms with Crippen LogP contribution < -0.4 is 16.0 Å². The van der Waals surface area contributed by atoms with Crippen LogP contribution in [0.25, 0.3) is 10.2 Å². The number of likely N-dealkylation sites (tertiary alicyclic amines) is 1. The lowest BCUT2D eigenvalue weighted by molar-refractivity contribution is -0.138. The molecule has 0 radical (unpaired) electrons. The van der Waals surface area contributed by atoms with Crippen molar-refractivity contribution < 1.29 is 33.7 Å². The van der Waals surface area contributed by atoms with Crippen molar-refractivity contribution in [3.8, 4) is 5.75 Å². The van der Waals surface area contributed by atoms with Crippen LogP contribution in [0.3, 0.4) is 0 Å². The minimum absolute atomic E-state index is 0.00332. The van der Waals surface area contributed by atoms with Gasteiger partial charge in [0.1, 0.15) is 32.9 Å². The van der Waals surface area contributed by atoms with Gasteiger partial charge in [0.25, 0.3) is 5.56 Å². The van der Waals surface area contributed by atoms with Crippen molar-refractivity contribution in [2.45, 2.75) is 51.8 Å². The van der Waals surface area contributed by atoms with Crippen LogP contribution in [0, 0.1) is 12.7 Å². The molecule has 2 aromatic heterocycles. The van der Waals surface area contributed by atoms with Crippen molar-refractivity contribution in [3.63, 3.8) is 0 Å². The van der Waals surface area contributed by atoms with E-state index in [0.29, 0.717) is 13.1 Å². The van der Waals surface area contributed by atoms with Crippen molar-refractivity contribution in [2.24, 2.45) is 0 Å². The summed E-state index contributed by atoms with van der Waals surface area (Å²) in [5.41, 5.74) is -2.80. The number of rotatable bonds is 10. The molecule has 3 aromatic rings. The lowest BCUT2D eigenvalue weighted by atomic mass is 10.0. The zero-order valence-corrected chi connectivity index (χ0v) is 23.5.